The van der Waals surface area contributed by atoms with Gasteiger partial charge in [0.15, 0.2) is 0 Å². The molecule has 4 heteroatoms. The Morgan fingerprint density at radius 1 is 1.40 bits per heavy atom. The first-order chi connectivity index (χ1) is 9.67. The zero-order valence-electron chi connectivity index (χ0n) is 12.0. The molecule has 1 aromatic carbocycles. The lowest BCUT2D eigenvalue weighted by molar-refractivity contribution is 0.0960. The number of aromatic hydroxyl groups is 1. The van der Waals surface area contributed by atoms with E-state index < -0.39 is 0 Å². The molecule has 0 aromatic heterocycles. The molecule has 1 aliphatic carbocycles. The van der Waals surface area contributed by atoms with Crippen LogP contribution in [0.25, 0.3) is 0 Å². The first kappa shape index (κ1) is 14.4. The number of benzene rings is 1. The lowest BCUT2D eigenvalue weighted by atomic mass is 9.92. The molecule has 1 aliphatic rings. The second-order valence-electron chi connectivity index (χ2n) is 5.01. The van der Waals surface area contributed by atoms with E-state index >= 15 is 0 Å². The van der Waals surface area contributed by atoms with Gasteiger partial charge in [-0.1, -0.05) is 11.6 Å². The summed E-state index contributed by atoms with van der Waals surface area (Å²) in [6.45, 7) is 0. The van der Waals surface area contributed by atoms with Crippen LogP contribution in [0.2, 0.25) is 0 Å². The number of amides is 1. The van der Waals surface area contributed by atoms with Crippen molar-refractivity contribution in [3.8, 4) is 11.5 Å². The summed E-state index contributed by atoms with van der Waals surface area (Å²) < 4.78 is 5.32. The van der Waals surface area contributed by atoms with Gasteiger partial charge in [0.1, 0.15) is 11.5 Å². The third-order valence-corrected chi connectivity index (χ3v) is 3.72. The third kappa shape index (κ3) is 2.95. The highest BCUT2D eigenvalue weighted by molar-refractivity contribution is 5.97. The lowest BCUT2D eigenvalue weighted by Gasteiger charge is -2.17. The third-order valence-electron chi connectivity index (χ3n) is 3.72. The smallest absolute Gasteiger partial charge is 0.254 e. The van der Waals surface area contributed by atoms with Crippen molar-refractivity contribution in [2.75, 3.05) is 14.2 Å². The second-order valence-corrected chi connectivity index (χ2v) is 5.01. The minimum Gasteiger partial charge on any atom is -0.507 e. The molecular formula is C16H21NO3. The number of methoxy groups -OCH3 is 1. The highest BCUT2D eigenvalue weighted by Gasteiger charge is 2.19. The van der Waals surface area contributed by atoms with Crippen LogP contribution in [0.15, 0.2) is 23.8 Å². The molecular weight excluding hydrogens is 254 g/mol. The topological polar surface area (TPSA) is 58.6 Å². The number of ether oxygens (including phenoxy) is 1. The van der Waals surface area contributed by atoms with Crippen molar-refractivity contribution in [3.05, 3.63) is 34.9 Å². The predicted molar refractivity (Wildman–Crippen MR) is 78.3 cm³/mol. The molecule has 0 saturated carbocycles. The molecule has 4 nitrogen and oxygen atoms in total. The maximum Gasteiger partial charge on any atom is 0.254 e. The maximum atomic E-state index is 11.8. The van der Waals surface area contributed by atoms with Gasteiger partial charge in [0.25, 0.3) is 5.91 Å². The standard InChI is InChI=1S/C16H21NO3/c1-17-16(19)12-8-9-14(20-2)13(15(12)18)10-11-6-4-3-5-7-11/h6,8-9,18H,3-5,7,10H2,1-2H3,(H,17,19). The van der Waals surface area contributed by atoms with E-state index in [-0.39, 0.29) is 11.7 Å². The highest BCUT2D eigenvalue weighted by Crippen LogP contribution is 2.35. The summed E-state index contributed by atoms with van der Waals surface area (Å²) in [6.07, 6.45) is 7.42. The van der Waals surface area contributed by atoms with Crippen molar-refractivity contribution in [1.82, 2.24) is 5.32 Å². The SMILES string of the molecule is CNC(=O)c1ccc(OC)c(CC2=CCCCC2)c1O. The molecule has 108 valence electrons. The summed E-state index contributed by atoms with van der Waals surface area (Å²) in [4.78, 5) is 11.8. The molecule has 0 heterocycles. The summed E-state index contributed by atoms with van der Waals surface area (Å²) in [5.74, 6) is 0.362. The van der Waals surface area contributed by atoms with Crippen molar-refractivity contribution >= 4 is 5.91 Å². The Balaban J connectivity index is 2.37. The molecule has 0 saturated heterocycles. The van der Waals surface area contributed by atoms with E-state index in [1.54, 1.807) is 26.3 Å². The van der Waals surface area contributed by atoms with Gasteiger partial charge in [0, 0.05) is 19.0 Å². The zero-order valence-corrected chi connectivity index (χ0v) is 12.0. The van der Waals surface area contributed by atoms with E-state index in [0.717, 1.165) is 12.8 Å². The minimum atomic E-state index is -0.288. The van der Waals surface area contributed by atoms with Crippen molar-refractivity contribution in [2.24, 2.45) is 0 Å². The van der Waals surface area contributed by atoms with Crippen LogP contribution in [0, 0.1) is 0 Å². The van der Waals surface area contributed by atoms with Crippen LogP contribution in [-0.2, 0) is 6.42 Å². The molecule has 2 N–H and O–H groups in total. The monoisotopic (exact) mass is 275 g/mol. The molecule has 0 atom stereocenters. The molecule has 0 bridgehead atoms. The summed E-state index contributed by atoms with van der Waals surface area (Å²) in [5, 5.41) is 12.9. The Morgan fingerprint density at radius 3 is 2.80 bits per heavy atom. The normalized spacial score (nSPS) is 14.6. The van der Waals surface area contributed by atoms with Gasteiger partial charge >= 0.3 is 0 Å². The largest absolute Gasteiger partial charge is 0.507 e. The first-order valence-corrected chi connectivity index (χ1v) is 6.96. The Labute approximate surface area is 119 Å². The lowest BCUT2D eigenvalue weighted by Crippen LogP contribution is -2.18. The van der Waals surface area contributed by atoms with E-state index in [4.69, 9.17) is 4.74 Å². The van der Waals surface area contributed by atoms with Gasteiger partial charge in [-0.25, -0.2) is 0 Å². The minimum absolute atomic E-state index is 0.0233. The van der Waals surface area contributed by atoms with Crippen LogP contribution in [0.1, 0.15) is 41.6 Å². The molecule has 1 aromatic rings. The zero-order chi connectivity index (χ0) is 14.5. The molecule has 0 unspecified atom stereocenters. The fourth-order valence-electron chi connectivity index (χ4n) is 2.59. The molecule has 0 fully saturated rings. The van der Waals surface area contributed by atoms with Gasteiger partial charge < -0.3 is 15.2 Å². The van der Waals surface area contributed by atoms with Crippen molar-refractivity contribution in [2.45, 2.75) is 32.1 Å². The summed E-state index contributed by atoms with van der Waals surface area (Å²) in [6, 6.07) is 3.33. The number of phenols is 1. The van der Waals surface area contributed by atoms with Gasteiger partial charge in [0.2, 0.25) is 0 Å². The average molecular weight is 275 g/mol. The van der Waals surface area contributed by atoms with Crippen LogP contribution >= 0.6 is 0 Å². The molecule has 2 rings (SSSR count). The van der Waals surface area contributed by atoms with E-state index in [9.17, 15) is 9.90 Å². The first-order valence-electron chi connectivity index (χ1n) is 6.96. The fourth-order valence-corrected chi connectivity index (χ4v) is 2.59. The molecule has 0 spiro atoms. The number of nitrogens with one attached hydrogen (secondary N) is 1. The number of carbonyl (C=O) groups is 1. The number of hydrogen-bond donors (Lipinski definition) is 2. The number of phenolic OH excluding ortho intramolecular Hbond substituents is 1. The van der Waals surface area contributed by atoms with Crippen LogP contribution < -0.4 is 10.1 Å². The van der Waals surface area contributed by atoms with Gasteiger partial charge in [0.05, 0.1) is 12.7 Å². The highest BCUT2D eigenvalue weighted by atomic mass is 16.5. The Bertz CT molecular complexity index is 535. The van der Waals surface area contributed by atoms with Crippen LogP contribution in [0.3, 0.4) is 0 Å². The second kappa shape index (κ2) is 6.46. The number of rotatable bonds is 4. The average Bonchev–Trinajstić information content (AvgIpc) is 2.49. The van der Waals surface area contributed by atoms with Crippen molar-refractivity contribution in [1.29, 1.82) is 0 Å². The van der Waals surface area contributed by atoms with E-state index in [0.29, 0.717) is 23.3 Å². The van der Waals surface area contributed by atoms with Gasteiger partial charge in [-0.05, 0) is 37.8 Å². The van der Waals surface area contributed by atoms with Crippen molar-refractivity contribution in [3.63, 3.8) is 0 Å². The predicted octanol–water partition coefficient (Wildman–Crippen LogP) is 2.80. The Morgan fingerprint density at radius 2 is 2.20 bits per heavy atom. The van der Waals surface area contributed by atoms with Crippen molar-refractivity contribution < 1.29 is 14.6 Å². The van der Waals surface area contributed by atoms with Gasteiger partial charge in [-0.2, -0.15) is 0 Å². The molecule has 0 radical (unpaired) electrons. The molecule has 0 aliphatic heterocycles. The summed E-state index contributed by atoms with van der Waals surface area (Å²) in [5.41, 5.74) is 2.29. The van der Waals surface area contributed by atoms with E-state index in [1.807, 2.05) is 0 Å². The summed E-state index contributed by atoms with van der Waals surface area (Å²) >= 11 is 0. The number of allylic oxidation sites excluding steroid dienone is 2. The number of hydrogen-bond acceptors (Lipinski definition) is 3. The van der Waals surface area contributed by atoms with Crippen LogP contribution in [-0.4, -0.2) is 25.2 Å². The van der Waals surface area contributed by atoms with Crippen LogP contribution in [0.5, 0.6) is 11.5 Å². The fraction of sp³-hybridized carbons (Fsp3) is 0.438. The van der Waals surface area contributed by atoms with Gasteiger partial charge in [-0.15, -0.1) is 0 Å². The summed E-state index contributed by atoms with van der Waals surface area (Å²) in [7, 11) is 3.13. The number of carbonyl (C=O) groups excluding carboxylic acids is 1. The van der Waals surface area contributed by atoms with E-state index in [1.165, 1.54) is 18.4 Å². The Kier molecular flexibility index (Phi) is 4.66. The van der Waals surface area contributed by atoms with Crippen LogP contribution in [0.4, 0.5) is 0 Å². The van der Waals surface area contributed by atoms with Gasteiger partial charge in [-0.3, -0.25) is 4.79 Å². The quantitative estimate of drug-likeness (QED) is 0.831. The maximum absolute atomic E-state index is 11.8. The van der Waals surface area contributed by atoms with E-state index in [2.05, 4.69) is 11.4 Å². The Hall–Kier alpha value is -1.97. The molecule has 20 heavy (non-hydrogen) atoms. The molecule has 1 amide bonds.